The summed E-state index contributed by atoms with van der Waals surface area (Å²) in [7, 11) is 1.66. The van der Waals surface area contributed by atoms with Gasteiger partial charge in [-0.2, -0.15) is 5.26 Å². The van der Waals surface area contributed by atoms with Gasteiger partial charge in [0, 0.05) is 30.6 Å². The second-order valence-corrected chi connectivity index (χ2v) is 6.52. The average molecular weight is 365 g/mol. The second-order valence-electron chi connectivity index (χ2n) is 6.52. The number of carbonyl (C=O) groups is 1. The molecule has 0 radical (unpaired) electrons. The van der Waals surface area contributed by atoms with E-state index in [0.29, 0.717) is 13.2 Å². The number of nitrogens with one attached hydrogen (secondary N) is 1. The zero-order valence-electron chi connectivity index (χ0n) is 15.8. The monoisotopic (exact) mass is 365 g/mol. The van der Waals surface area contributed by atoms with Crippen molar-refractivity contribution in [3.63, 3.8) is 0 Å². The van der Waals surface area contributed by atoms with Crippen LogP contribution >= 0.6 is 0 Å². The Bertz CT molecular complexity index is 921. The zero-order valence-corrected chi connectivity index (χ0v) is 15.8. The summed E-state index contributed by atoms with van der Waals surface area (Å²) >= 11 is 0. The first-order chi connectivity index (χ1) is 13.0. The number of nitriles is 1. The van der Waals surface area contributed by atoms with E-state index in [2.05, 4.69) is 9.88 Å². The Morgan fingerprint density at radius 3 is 2.96 bits per heavy atom. The molecular formula is C21H23N3O3. The molecule has 1 aliphatic heterocycles. The first-order valence-electron chi connectivity index (χ1n) is 8.85. The van der Waals surface area contributed by atoms with Gasteiger partial charge in [-0.15, -0.1) is 0 Å². The molecule has 1 amide bonds. The Morgan fingerprint density at radius 1 is 1.44 bits per heavy atom. The number of para-hydroxylation sites is 1. The van der Waals surface area contributed by atoms with Crippen LogP contribution in [0.15, 0.2) is 35.9 Å². The van der Waals surface area contributed by atoms with Gasteiger partial charge in [-0.05, 0) is 37.6 Å². The number of hydrogen-bond donors (Lipinski definition) is 1. The summed E-state index contributed by atoms with van der Waals surface area (Å²) in [6.45, 7) is 5.68. The van der Waals surface area contributed by atoms with E-state index in [1.165, 1.54) is 0 Å². The predicted molar refractivity (Wildman–Crippen MR) is 102 cm³/mol. The molecule has 0 saturated carbocycles. The molecule has 1 aromatic carbocycles. The lowest BCUT2D eigenvalue weighted by Crippen LogP contribution is -2.30. The van der Waals surface area contributed by atoms with Crippen LogP contribution < -0.4 is 10.1 Å². The van der Waals surface area contributed by atoms with E-state index in [-0.39, 0.29) is 11.6 Å². The smallest absolute Gasteiger partial charge is 0.262 e. The van der Waals surface area contributed by atoms with E-state index >= 15 is 0 Å². The molecule has 1 atom stereocenters. The summed E-state index contributed by atoms with van der Waals surface area (Å²) in [5, 5.41) is 12.4. The molecule has 1 N–H and O–H groups in total. The molecule has 3 rings (SSSR count). The molecule has 140 valence electrons. The molecule has 0 fully saturated rings. The Kier molecular flexibility index (Phi) is 5.63. The number of aryl methyl sites for hydroxylation is 1. The van der Waals surface area contributed by atoms with Crippen LogP contribution in [0.1, 0.15) is 28.6 Å². The van der Waals surface area contributed by atoms with Crippen molar-refractivity contribution in [3.05, 3.63) is 58.4 Å². The molecule has 6 nitrogen and oxygen atoms in total. The summed E-state index contributed by atoms with van der Waals surface area (Å²) in [5.74, 6) is 0.372. The predicted octanol–water partition coefficient (Wildman–Crippen LogP) is 2.91. The molecule has 2 aromatic rings. The van der Waals surface area contributed by atoms with E-state index in [1.807, 2.05) is 50.2 Å². The molecule has 1 unspecified atom stereocenters. The third kappa shape index (κ3) is 3.88. The summed E-state index contributed by atoms with van der Waals surface area (Å²) in [6.07, 6.45) is 1.64. The van der Waals surface area contributed by atoms with E-state index in [9.17, 15) is 10.1 Å². The van der Waals surface area contributed by atoms with Crippen LogP contribution in [0.5, 0.6) is 5.75 Å². The number of carbonyl (C=O) groups excluding carboxylic acids is 1. The van der Waals surface area contributed by atoms with E-state index in [1.54, 1.807) is 13.2 Å². The number of nitrogens with zero attached hydrogens (tertiary/aromatic N) is 2. The first-order valence-corrected chi connectivity index (χ1v) is 8.85. The minimum Gasteiger partial charge on any atom is -0.491 e. The van der Waals surface area contributed by atoms with Gasteiger partial charge < -0.3 is 19.4 Å². The standard InChI is InChI=1S/C21H23N3O3/c1-14-10-16(15(2)24(14)8-9-26-3)11-17(12-22)21(25)23-19-13-27-20-7-5-4-6-18(19)20/h4-7,10-11,19H,8-9,13H2,1-3H3,(H,23,25)/b17-11+. The molecule has 0 spiro atoms. The lowest BCUT2D eigenvalue weighted by Gasteiger charge is -2.11. The average Bonchev–Trinajstić information content (AvgIpc) is 3.19. The minimum atomic E-state index is -0.399. The highest BCUT2D eigenvalue weighted by Crippen LogP contribution is 2.31. The number of ether oxygens (including phenoxy) is 2. The topological polar surface area (TPSA) is 76.3 Å². The maximum Gasteiger partial charge on any atom is 0.262 e. The highest BCUT2D eigenvalue weighted by atomic mass is 16.5. The van der Waals surface area contributed by atoms with Gasteiger partial charge in [0.2, 0.25) is 0 Å². The van der Waals surface area contributed by atoms with E-state index in [4.69, 9.17) is 9.47 Å². The van der Waals surface area contributed by atoms with Crippen LogP contribution in [0.25, 0.3) is 6.08 Å². The number of fused-ring (bicyclic) bond motifs is 1. The van der Waals surface area contributed by atoms with Gasteiger partial charge in [0.25, 0.3) is 5.91 Å². The number of hydrogen-bond acceptors (Lipinski definition) is 4. The molecule has 2 heterocycles. The van der Waals surface area contributed by atoms with E-state index < -0.39 is 5.91 Å². The van der Waals surface area contributed by atoms with Crippen molar-refractivity contribution >= 4 is 12.0 Å². The lowest BCUT2D eigenvalue weighted by atomic mass is 10.1. The minimum absolute atomic E-state index is 0.0753. The van der Waals surface area contributed by atoms with Crippen molar-refractivity contribution in [2.24, 2.45) is 0 Å². The number of amides is 1. The highest BCUT2D eigenvalue weighted by Gasteiger charge is 2.26. The van der Waals surface area contributed by atoms with Crippen molar-refractivity contribution in [2.75, 3.05) is 20.3 Å². The van der Waals surface area contributed by atoms with Gasteiger partial charge in [0.1, 0.15) is 24.0 Å². The normalized spacial score (nSPS) is 15.8. The fraction of sp³-hybridized carbons (Fsp3) is 0.333. The molecular weight excluding hydrogens is 342 g/mol. The Balaban J connectivity index is 1.79. The van der Waals surface area contributed by atoms with Crippen LogP contribution in [0, 0.1) is 25.2 Å². The third-order valence-corrected chi connectivity index (χ3v) is 4.80. The Morgan fingerprint density at radius 2 is 2.22 bits per heavy atom. The summed E-state index contributed by atoms with van der Waals surface area (Å²) in [6, 6.07) is 11.3. The number of rotatable bonds is 6. The Hall–Kier alpha value is -3.04. The number of methoxy groups -OCH3 is 1. The largest absolute Gasteiger partial charge is 0.491 e. The SMILES string of the molecule is COCCn1c(C)cc(/C=C(\C#N)C(=O)NC2COc3ccccc32)c1C. The summed E-state index contributed by atoms with van der Waals surface area (Å²) < 4.78 is 12.8. The van der Waals surface area contributed by atoms with Crippen LogP contribution in [0.2, 0.25) is 0 Å². The van der Waals surface area contributed by atoms with Crippen molar-refractivity contribution in [2.45, 2.75) is 26.4 Å². The van der Waals surface area contributed by atoms with Crippen molar-refractivity contribution in [1.29, 1.82) is 5.26 Å². The van der Waals surface area contributed by atoms with Crippen LogP contribution in [-0.2, 0) is 16.1 Å². The van der Waals surface area contributed by atoms with Gasteiger partial charge in [-0.1, -0.05) is 18.2 Å². The van der Waals surface area contributed by atoms with Crippen LogP contribution in [-0.4, -0.2) is 30.8 Å². The molecule has 27 heavy (non-hydrogen) atoms. The first kappa shape index (κ1) is 18.7. The molecule has 0 aliphatic carbocycles. The van der Waals surface area contributed by atoms with Gasteiger partial charge in [0.15, 0.2) is 0 Å². The lowest BCUT2D eigenvalue weighted by molar-refractivity contribution is -0.117. The Labute approximate surface area is 159 Å². The molecule has 6 heteroatoms. The maximum absolute atomic E-state index is 12.6. The number of benzene rings is 1. The van der Waals surface area contributed by atoms with Gasteiger partial charge in [-0.25, -0.2) is 0 Å². The number of aromatic nitrogens is 1. The van der Waals surface area contributed by atoms with E-state index in [0.717, 1.165) is 34.8 Å². The van der Waals surface area contributed by atoms with Crippen molar-refractivity contribution in [3.8, 4) is 11.8 Å². The fourth-order valence-corrected chi connectivity index (χ4v) is 3.32. The van der Waals surface area contributed by atoms with Crippen LogP contribution in [0.3, 0.4) is 0 Å². The molecule has 0 bridgehead atoms. The quantitative estimate of drug-likeness (QED) is 0.631. The molecule has 1 aromatic heterocycles. The highest BCUT2D eigenvalue weighted by molar-refractivity contribution is 6.02. The summed E-state index contributed by atoms with van der Waals surface area (Å²) in [5.41, 5.74) is 3.93. The van der Waals surface area contributed by atoms with Gasteiger partial charge in [-0.3, -0.25) is 4.79 Å². The molecule has 0 saturated heterocycles. The zero-order chi connectivity index (χ0) is 19.4. The van der Waals surface area contributed by atoms with Crippen LogP contribution in [0.4, 0.5) is 0 Å². The van der Waals surface area contributed by atoms with Crippen molar-refractivity contribution in [1.82, 2.24) is 9.88 Å². The maximum atomic E-state index is 12.6. The van der Waals surface area contributed by atoms with Crippen molar-refractivity contribution < 1.29 is 14.3 Å². The molecule has 1 aliphatic rings. The third-order valence-electron chi connectivity index (χ3n) is 4.80. The van der Waals surface area contributed by atoms with Gasteiger partial charge >= 0.3 is 0 Å². The second kappa shape index (κ2) is 8.11. The van der Waals surface area contributed by atoms with Gasteiger partial charge in [0.05, 0.1) is 12.6 Å². The summed E-state index contributed by atoms with van der Waals surface area (Å²) in [4.78, 5) is 12.6. The fourth-order valence-electron chi connectivity index (χ4n) is 3.32.